The Morgan fingerprint density at radius 1 is 1.40 bits per heavy atom. The van der Waals surface area contributed by atoms with Crippen molar-refractivity contribution in [3.63, 3.8) is 0 Å². The molecule has 2 heterocycles. The minimum Gasteiger partial charge on any atom is -0.468 e. The zero-order chi connectivity index (χ0) is 10.5. The Bertz CT molecular complexity index is 292. The van der Waals surface area contributed by atoms with Crippen molar-refractivity contribution in [2.24, 2.45) is 0 Å². The zero-order valence-corrected chi connectivity index (χ0v) is 9.72. The third-order valence-electron chi connectivity index (χ3n) is 2.39. The molecule has 1 saturated heterocycles. The SMILES string of the molecule is Cc1ccoc1CSCCC1OCCO1. The van der Waals surface area contributed by atoms with Gasteiger partial charge in [0, 0.05) is 6.42 Å². The van der Waals surface area contributed by atoms with E-state index < -0.39 is 0 Å². The fourth-order valence-electron chi connectivity index (χ4n) is 1.47. The van der Waals surface area contributed by atoms with Gasteiger partial charge in [0.15, 0.2) is 6.29 Å². The summed E-state index contributed by atoms with van der Waals surface area (Å²) in [7, 11) is 0. The van der Waals surface area contributed by atoms with Gasteiger partial charge in [-0.15, -0.1) is 0 Å². The molecule has 1 fully saturated rings. The first-order valence-electron chi connectivity index (χ1n) is 5.20. The van der Waals surface area contributed by atoms with Gasteiger partial charge in [0.1, 0.15) is 5.76 Å². The minimum atomic E-state index is 0.0233. The lowest BCUT2D eigenvalue weighted by molar-refractivity contribution is -0.0421. The topological polar surface area (TPSA) is 31.6 Å². The van der Waals surface area contributed by atoms with Crippen molar-refractivity contribution in [2.75, 3.05) is 19.0 Å². The monoisotopic (exact) mass is 228 g/mol. The Kier molecular flexibility index (Phi) is 4.11. The molecule has 0 saturated carbocycles. The summed E-state index contributed by atoms with van der Waals surface area (Å²) < 4.78 is 16.1. The van der Waals surface area contributed by atoms with Crippen LogP contribution < -0.4 is 0 Å². The molecule has 3 nitrogen and oxygen atoms in total. The van der Waals surface area contributed by atoms with Gasteiger partial charge >= 0.3 is 0 Å². The number of aryl methyl sites for hydroxylation is 1. The van der Waals surface area contributed by atoms with Crippen molar-refractivity contribution in [3.05, 3.63) is 23.7 Å². The van der Waals surface area contributed by atoms with Gasteiger partial charge in [-0.1, -0.05) is 0 Å². The van der Waals surface area contributed by atoms with Gasteiger partial charge in [-0.05, 0) is 24.3 Å². The van der Waals surface area contributed by atoms with Crippen LogP contribution in [0.2, 0.25) is 0 Å². The summed E-state index contributed by atoms with van der Waals surface area (Å²) in [5, 5.41) is 0. The Hall–Kier alpha value is -0.450. The van der Waals surface area contributed by atoms with Crippen LogP contribution in [-0.4, -0.2) is 25.3 Å². The Morgan fingerprint density at radius 3 is 2.87 bits per heavy atom. The first-order chi connectivity index (χ1) is 7.36. The second-order valence-electron chi connectivity index (χ2n) is 3.54. The minimum absolute atomic E-state index is 0.0233. The second kappa shape index (κ2) is 5.58. The molecule has 0 atom stereocenters. The summed E-state index contributed by atoms with van der Waals surface area (Å²) >= 11 is 1.86. The summed E-state index contributed by atoms with van der Waals surface area (Å²) in [5.41, 5.74) is 1.23. The summed E-state index contributed by atoms with van der Waals surface area (Å²) in [6.07, 6.45) is 2.73. The van der Waals surface area contributed by atoms with E-state index in [1.807, 2.05) is 17.8 Å². The number of thioether (sulfide) groups is 1. The van der Waals surface area contributed by atoms with Crippen molar-refractivity contribution < 1.29 is 13.9 Å². The molecule has 0 aliphatic carbocycles. The van der Waals surface area contributed by atoms with E-state index in [0.29, 0.717) is 0 Å². The fourth-order valence-corrected chi connectivity index (χ4v) is 2.45. The predicted octanol–water partition coefficient (Wildman–Crippen LogP) is 2.58. The molecule has 0 aromatic carbocycles. The molecule has 0 bridgehead atoms. The molecule has 84 valence electrons. The van der Waals surface area contributed by atoms with Gasteiger partial charge in [0.2, 0.25) is 0 Å². The number of hydrogen-bond donors (Lipinski definition) is 0. The molecule has 1 aliphatic rings. The zero-order valence-electron chi connectivity index (χ0n) is 8.90. The van der Waals surface area contributed by atoms with Gasteiger partial charge in [0.25, 0.3) is 0 Å². The summed E-state index contributed by atoms with van der Waals surface area (Å²) in [4.78, 5) is 0. The molecule has 0 unspecified atom stereocenters. The second-order valence-corrected chi connectivity index (χ2v) is 4.64. The van der Waals surface area contributed by atoms with Crippen molar-refractivity contribution in [1.82, 2.24) is 0 Å². The molecule has 0 amide bonds. The normalized spacial score (nSPS) is 17.4. The number of hydrogen-bond acceptors (Lipinski definition) is 4. The molecule has 1 aliphatic heterocycles. The standard InChI is InChI=1S/C11H16O3S/c1-9-2-4-12-10(9)8-15-7-3-11-13-5-6-14-11/h2,4,11H,3,5-8H2,1H3. The van der Waals surface area contributed by atoms with E-state index in [1.54, 1.807) is 6.26 Å². The highest BCUT2D eigenvalue weighted by atomic mass is 32.2. The van der Waals surface area contributed by atoms with E-state index in [1.165, 1.54) is 5.56 Å². The van der Waals surface area contributed by atoms with Gasteiger partial charge in [-0.3, -0.25) is 0 Å². The molecule has 0 spiro atoms. The lowest BCUT2D eigenvalue weighted by Crippen LogP contribution is -2.08. The van der Waals surface area contributed by atoms with Crippen LogP contribution in [0, 0.1) is 6.92 Å². The highest BCUT2D eigenvalue weighted by Gasteiger charge is 2.15. The molecular weight excluding hydrogens is 212 g/mol. The quantitative estimate of drug-likeness (QED) is 0.725. The first kappa shape index (κ1) is 11.0. The first-order valence-corrected chi connectivity index (χ1v) is 6.35. The summed E-state index contributed by atoms with van der Waals surface area (Å²) in [6, 6.07) is 2.00. The van der Waals surface area contributed by atoms with E-state index in [0.717, 1.165) is 36.9 Å². The molecule has 4 heteroatoms. The Balaban J connectivity index is 1.60. The van der Waals surface area contributed by atoms with Crippen molar-refractivity contribution in [3.8, 4) is 0 Å². The van der Waals surface area contributed by atoms with E-state index in [9.17, 15) is 0 Å². The highest BCUT2D eigenvalue weighted by Crippen LogP contribution is 2.19. The average molecular weight is 228 g/mol. The third kappa shape index (κ3) is 3.26. The number of rotatable bonds is 5. The van der Waals surface area contributed by atoms with Gasteiger partial charge in [-0.2, -0.15) is 11.8 Å². The predicted molar refractivity (Wildman–Crippen MR) is 59.9 cm³/mol. The maximum atomic E-state index is 5.35. The van der Waals surface area contributed by atoms with Gasteiger partial charge in [0.05, 0.1) is 25.2 Å². The van der Waals surface area contributed by atoms with Crippen LogP contribution in [0.1, 0.15) is 17.7 Å². The van der Waals surface area contributed by atoms with Crippen LogP contribution in [-0.2, 0) is 15.2 Å². The maximum absolute atomic E-state index is 5.35. The maximum Gasteiger partial charge on any atom is 0.158 e. The fraction of sp³-hybridized carbons (Fsp3) is 0.636. The summed E-state index contributed by atoms with van der Waals surface area (Å²) in [5.74, 6) is 3.06. The van der Waals surface area contributed by atoms with Crippen LogP contribution in [0.25, 0.3) is 0 Å². The van der Waals surface area contributed by atoms with Crippen molar-refractivity contribution >= 4 is 11.8 Å². The Labute approximate surface area is 94.1 Å². The molecule has 1 aromatic rings. The molecule has 0 N–H and O–H groups in total. The molecule has 15 heavy (non-hydrogen) atoms. The van der Waals surface area contributed by atoms with Crippen molar-refractivity contribution in [2.45, 2.75) is 25.4 Å². The Morgan fingerprint density at radius 2 is 2.20 bits per heavy atom. The van der Waals surface area contributed by atoms with E-state index >= 15 is 0 Å². The third-order valence-corrected chi connectivity index (χ3v) is 3.38. The van der Waals surface area contributed by atoms with E-state index in [4.69, 9.17) is 13.9 Å². The van der Waals surface area contributed by atoms with E-state index in [-0.39, 0.29) is 6.29 Å². The lowest BCUT2D eigenvalue weighted by Gasteiger charge is -2.07. The molecule has 0 radical (unpaired) electrons. The molecular formula is C11H16O3S. The van der Waals surface area contributed by atoms with Crippen LogP contribution in [0.4, 0.5) is 0 Å². The molecule has 1 aromatic heterocycles. The van der Waals surface area contributed by atoms with E-state index in [2.05, 4.69) is 6.92 Å². The van der Waals surface area contributed by atoms with Gasteiger partial charge in [-0.25, -0.2) is 0 Å². The largest absolute Gasteiger partial charge is 0.468 e. The molecule has 2 rings (SSSR count). The van der Waals surface area contributed by atoms with Crippen LogP contribution in [0.15, 0.2) is 16.7 Å². The number of furan rings is 1. The summed E-state index contributed by atoms with van der Waals surface area (Å²) in [6.45, 7) is 3.56. The average Bonchev–Trinajstić information content (AvgIpc) is 2.85. The smallest absolute Gasteiger partial charge is 0.158 e. The van der Waals surface area contributed by atoms with Crippen LogP contribution in [0.3, 0.4) is 0 Å². The highest BCUT2D eigenvalue weighted by molar-refractivity contribution is 7.98. The lowest BCUT2D eigenvalue weighted by atomic mass is 10.3. The number of ether oxygens (including phenoxy) is 2. The van der Waals surface area contributed by atoms with Crippen molar-refractivity contribution in [1.29, 1.82) is 0 Å². The van der Waals surface area contributed by atoms with Crippen LogP contribution in [0.5, 0.6) is 0 Å². The van der Waals surface area contributed by atoms with Crippen LogP contribution >= 0.6 is 11.8 Å². The van der Waals surface area contributed by atoms with Gasteiger partial charge < -0.3 is 13.9 Å².